The van der Waals surface area contributed by atoms with Gasteiger partial charge >= 0.3 is 22.0 Å². The first-order valence-corrected chi connectivity index (χ1v) is 15.5. The van der Waals surface area contributed by atoms with Gasteiger partial charge in [-0.15, -0.1) is 25.7 Å². The third-order valence-corrected chi connectivity index (χ3v) is 7.73. The van der Waals surface area contributed by atoms with Crippen LogP contribution in [0.5, 0.6) is 5.75 Å². The van der Waals surface area contributed by atoms with Crippen molar-refractivity contribution in [3.8, 4) is 5.75 Å². The number of nitro benzene ring substituents is 2. The van der Waals surface area contributed by atoms with E-state index in [0.29, 0.717) is 25.2 Å². The van der Waals surface area contributed by atoms with Crippen LogP contribution in [-0.4, -0.2) is 57.0 Å². The van der Waals surface area contributed by atoms with Gasteiger partial charge in [0.15, 0.2) is 5.69 Å². The van der Waals surface area contributed by atoms with Crippen molar-refractivity contribution in [1.29, 1.82) is 0 Å². The Kier molecular flexibility index (Phi) is 12.1. The van der Waals surface area contributed by atoms with Gasteiger partial charge in [-0.25, -0.2) is 4.79 Å². The second-order valence-electron chi connectivity index (χ2n) is 8.91. The molecular formula is C26H25BrClFN6O9S. The first-order chi connectivity index (χ1) is 21.3. The fourth-order valence-electron chi connectivity index (χ4n) is 3.98. The highest BCUT2D eigenvalue weighted by Gasteiger charge is 2.24. The largest absolute Gasteiger partial charge is 0.494 e. The van der Waals surface area contributed by atoms with E-state index >= 15 is 0 Å². The fourth-order valence-corrected chi connectivity index (χ4v) is 5.03. The van der Waals surface area contributed by atoms with Crippen LogP contribution in [0.4, 0.5) is 42.8 Å². The zero-order valence-electron chi connectivity index (χ0n) is 23.6. The molecule has 0 heterocycles. The van der Waals surface area contributed by atoms with Crippen molar-refractivity contribution in [3.63, 3.8) is 0 Å². The molecule has 0 bridgehead atoms. The molecule has 45 heavy (non-hydrogen) atoms. The molecule has 0 unspecified atom stereocenters. The van der Waals surface area contributed by atoms with Crippen LogP contribution in [0.3, 0.4) is 0 Å². The predicted molar refractivity (Wildman–Crippen MR) is 167 cm³/mol. The summed E-state index contributed by atoms with van der Waals surface area (Å²) < 4.78 is 46.0. The molecular weight excluding hydrogens is 707 g/mol. The summed E-state index contributed by atoms with van der Waals surface area (Å²) in [5.41, 5.74) is -0.242. The first-order valence-electron chi connectivity index (χ1n) is 12.8. The summed E-state index contributed by atoms with van der Waals surface area (Å²) in [5, 5.41) is 33.4. The lowest BCUT2D eigenvalue weighted by Gasteiger charge is -2.26. The van der Waals surface area contributed by atoms with Crippen molar-refractivity contribution in [2.45, 2.75) is 18.2 Å². The number of likely N-dealkylation sites (N-methyl/N-ethyl adjacent to an activating group) is 1. The first kappa shape index (κ1) is 35.1. The number of carbonyl (C=O) groups excluding carboxylic acids is 1. The van der Waals surface area contributed by atoms with Gasteiger partial charge in [-0.05, 0) is 53.0 Å². The van der Waals surface area contributed by atoms with Gasteiger partial charge in [0.05, 0.1) is 49.6 Å². The lowest BCUT2D eigenvalue weighted by atomic mass is 10.1. The van der Waals surface area contributed by atoms with Crippen LogP contribution < -0.4 is 15.0 Å². The highest BCUT2D eigenvalue weighted by molar-refractivity contribution is 9.10. The monoisotopic (exact) mass is 730 g/mol. The summed E-state index contributed by atoms with van der Waals surface area (Å²) in [7, 11) is -3.44. The van der Waals surface area contributed by atoms with Crippen LogP contribution in [0.15, 0.2) is 68.1 Å². The van der Waals surface area contributed by atoms with E-state index < -0.39 is 42.4 Å². The van der Waals surface area contributed by atoms with Crippen LogP contribution in [0.2, 0.25) is 0 Å². The Balaban J connectivity index is 2.04. The molecule has 19 heteroatoms. The number of ether oxygens (including phenoxy) is 2. The van der Waals surface area contributed by atoms with Crippen molar-refractivity contribution < 1.29 is 36.4 Å². The molecule has 0 saturated heterocycles. The number of nitro groups is 2. The minimum absolute atomic E-state index is 0.00273. The van der Waals surface area contributed by atoms with E-state index in [1.54, 1.807) is 0 Å². The number of anilines is 2. The summed E-state index contributed by atoms with van der Waals surface area (Å²) in [6, 6.07) is 10.1. The van der Waals surface area contributed by atoms with Crippen LogP contribution in [0.25, 0.3) is 0 Å². The van der Waals surface area contributed by atoms with Gasteiger partial charge in [0, 0.05) is 25.2 Å². The third kappa shape index (κ3) is 9.29. The molecule has 0 fully saturated rings. The predicted octanol–water partition coefficient (Wildman–Crippen LogP) is 7.20. The molecule has 0 aliphatic rings. The lowest BCUT2D eigenvalue weighted by molar-refractivity contribution is -0.393. The average molecular weight is 732 g/mol. The van der Waals surface area contributed by atoms with Gasteiger partial charge in [-0.2, -0.15) is 8.42 Å². The number of hydrogen-bond acceptors (Lipinski definition) is 12. The summed E-state index contributed by atoms with van der Waals surface area (Å²) >= 11 is 8.68. The van der Waals surface area contributed by atoms with Gasteiger partial charge in [-0.1, -0.05) is 12.1 Å². The highest BCUT2D eigenvalue weighted by atomic mass is 79.9. The van der Waals surface area contributed by atoms with E-state index in [1.165, 1.54) is 43.5 Å². The summed E-state index contributed by atoms with van der Waals surface area (Å²) in [6.45, 7) is 2.59. The Hall–Kier alpha value is -4.42. The molecule has 3 aromatic rings. The van der Waals surface area contributed by atoms with Crippen molar-refractivity contribution in [3.05, 3.63) is 78.8 Å². The maximum absolute atomic E-state index is 13.3. The number of benzene rings is 3. The molecule has 0 spiro atoms. The standard InChI is InChI=1S/C26H25BrClFN6O9S/c1-3-33(10-8-16-4-6-18(7-5-16)45(29,41)42)22-14-20(30-26(36)44-11-9-28)21(15-24(22)43-2)31-32-25-19(27)12-17(34(37)38)13-23(25)35(39)40/h4-7,12-15H,3,8-11H2,1-2H3,(H,30,36). The molecule has 0 saturated carbocycles. The van der Waals surface area contributed by atoms with Gasteiger partial charge in [0.1, 0.15) is 18.0 Å². The maximum atomic E-state index is 13.3. The maximum Gasteiger partial charge on any atom is 0.411 e. The SMILES string of the molecule is CCN(CCc1ccc(S(=O)(=O)F)cc1)c1cc(NC(=O)OCCCl)c(N=Nc2c(Br)cc([N+](=O)[O-])cc2[N+](=O)[O-])cc1OC. The Morgan fingerprint density at radius 1 is 1.11 bits per heavy atom. The molecule has 1 N–H and O–H groups in total. The van der Waals surface area contributed by atoms with Gasteiger partial charge in [0.25, 0.3) is 5.69 Å². The number of rotatable bonds is 14. The normalized spacial score (nSPS) is 11.3. The molecule has 0 aliphatic carbocycles. The van der Waals surface area contributed by atoms with E-state index in [1.807, 2.05) is 11.8 Å². The van der Waals surface area contributed by atoms with Crippen molar-refractivity contribution in [2.24, 2.45) is 10.2 Å². The molecule has 3 rings (SSSR count). The minimum atomic E-state index is -4.83. The molecule has 0 radical (unpaired) electrons. The number of azo groups is 1. The highest BCUT2D eigenvalue weighted by Crippen LogP contribution is 2.43. The van der Waals surface area contributed by atoms with Crippen molar-refractivity contribution >= 4 is 78.0 Å². The second kappa shape index (κ2) is 15.5. The number of methoxy groups -OCH3 is 1. The van der Waals surface area contributed by atoms with E-state index in [0.717, 1.165) is 17.7 Å². The minimum Gasteiger partial charge on any atom is -0.494 e. The molecule has 0 aromatic heterocycles. The number of hydrogen-bond donors (Lipinski definition) is 1. The van der Waals surface area contributed by atoms with E-state index in [4.69, 9.17) is 21.1 Å². The third-order valence-electron chi connectivity index (χ3n) is 6.14. The Morgan fingerprint density at radius 2 is 1.80 bits per heavy atom. The van der Waals surface area contributed by atoms with Crippen molar-refractivity contribution in [1.82, 2.24) is 0 Å². The smallest absolute Gasteiger partial charge is 0.411 e. The van der Waals surface area contributed by atoms with Crippen LogP contribution >= 0.6 is 27.5 Å². The van der Waals surface area contributed by atoms with Gasteiger partial charge in [0.2, 0.25) is 0 Å². The quantitative estimate of drug-likeness (QED) is 0.0582. The number of non-ortho nitro benzene ring substituents is 1. The lowest BCUT2D eigenvalue weighted by Crippen LogP contribution is -2.26. The molecule has 0 aliphatic heterocycles. The Labute approximate surface area is 269 Å². The molecule has 1 amide bonds. The molecule has 3 aromatic carbocycles. The number of nitrogens with one attached hydrogen (secondary N) is 1. The zero-order valence-corrected chi connectivity index (χ0v) is 26.8. The van der Waals surface area contributed by atoms with Gasteiger partial charge < -0.3 is 14.4 Å². The van der Waals surface area contributed by atoms with E-state index in [9.17, 15) is 37.3 Å². The molecule has 0 atom stereocenters. The average Bonchev–Trinajstić information content (AvgIpc) is 2.99. The zero-order chi connectivity index (χ0) is 33.3. The van der Waals surface area contributed by atoms with E-state index in [-0.39, 0.29) is 39.8 Å². The van der Waals surface area contributed by atoms with E-state index in [2.05, 4.69) is 31.5 Å². The number of amides is 1. The summed E-state index contributed by atoms with van der Waals surface area (Å²) in [4.78, 5) is 35.1. The van der Waals surface area contributed by atoms with Crippen LogP contribution in [0.1, 0.15) is 12.5 Å². The number of alkyl halides is 1. The Morgan fingerprint density at radius 3 is 2.36 bits per heavy atom. The van der Waals surface area contributed by atoms with Crippen LogP contribution in [-0.2, 0) is 21.4 Å². The Bertz CT molecular complexity index is 1730. The topological polar surface area (TPSA) is 196 Å². The number of nitrogens with zero attached hydrogens (tertiary/aromatic N) is 5. The van der Waals surface area contributed by atoms with Crippen LogP contribution in [0, 0.1) is 20.2 Å². The van der Waals surface area contributed by atoms with Gasteiger partial charge in [-0.3, -0.25) is 25.5 Å². The van der Waals surface area contributed by atoms with Crippen molar-refractivity contribution in [2.75, 3.05) is 42.9 Å². The molecule has 240 valence electrons. The molecule has 15 nitrogen and oxygen atoms in total. The fraction of sp³-hybridized carbons (Fsp3) is 0.269. The number of halogens is 3. The second-order valence-corrected chi connectivity index (χ2v) is 11.5. The number of carbonyl (C=O) groups is 1. The summed E-state index contributed by atoms with van der Waals surface area (Å²) in [6.07, 6.45) is -0.458. The summed E-state index contributed by atoms with van der Waals surface area (Å²) in [5.74, 6) is 0.315.